The Morgan fingerprint density at radius 3 is 2.81 bits per heavy atom. The summed E-state index contributed by atoms with van der Waals surface area (Å²) in [5, 5.41) is 8.98. The zero-order chi connectivity index (χ0) is 15.2. The van der Waals surface area contributed by atoms with E-state index in [9.17, 15) is 9.59 Å². The molecule has 0 saturated carbocycles. The molecule has 6 heteroatoms. The van der Waals surface area contributed by atoms with E-state index in [0.29, 0.717) is 38.3 Å². The minimum absolute atomic E-state index is 0.224. The lowest BCUT2D eigenvalue weighted by molar-refractivity contribution is -0.143. The van der Waals surface area contributed by atoms with Crippen LogP contribution in [0.1, 0.15) is 23.3 Å². The summed E-state index contributed by atoms with van der Waals surface area (Å²) in [4.78, 5) is 29.1. The quantitative estimate of drug-likeness (QED) is 0.833. The van der Waals surface area contributed by atoms with Gasteiger partial charge in [0.2, 0.25) is 0 Å². The van der Waals surface area contributed by atoms with Crippen LogP contribution in [0, 0.1) is 5.92 Å². The third kappa shape index (κ3) is 3.59. The van der Waals surface area contributed by atoms with Crippen LogP contribution in [0.25, 0.3) is 0 Å². The van der Waals surface area contributed by atoms with Gasteiger partial charge in [-0.25, -0.2) is 4.98 Å². The number of piperidine rings is 1. The number of likely N-dealkylation sites (tertiary alicyclic amines) is 1. The maximum atomic E-state index is 12.5. The third-order valence-corrected chi connectivity index (χ3v) is 3.46. The highest BCUT2D eigenvalue weighted by Gasteiger charge is 2.29. The van der Waals surface area contributed by atoms with Crippen molar-refractivity contribution in [3.05, 3.63) is 36.7 Å². The first-order chi connectivity index (χ1) is 10.1. The van der Waals surface area contributed by atoms with Gasteiger partial charge < -0.3 is 14.7 Å². The van der Waals surface area contributed by atoms with E-state index in [0.717, 1.165) is 0 Å². The van der Waals surface area contributed by atoms with Crippen molar-refractivity contribution >= 4 is 11.9 Å². The number of hydrogen-bond acceptors (Lipinski definition) is 4. The van der Waals surface area contributed by atoms with Crippen LogP contribution in [0.15, 0.2) is 31.0 Å². The molecule has 2 heterocycles. The summed E-state index contributed by atoms with van der Waals surface area (Å²) < 4.78 is 5.44. The van der Waals surface area contributed by atoms with Crippen molar-refractivity contribution < 1.29 is 19.4 Å². The van der Waals surface area contributed by atoms with Crippen molar-refractivity contribution in [2.45, 2.75) is 12.8 Å². The van der Waals surface area contributed by atoms with Crippen LogP contribution < -0.4 is 4.74 Å². The van der Waals surface area contributed by atoms with E-state index in [1.54, 1.807) is 23.1 Å². The maximum Gasteiger partial charge on any atom is 0.306 e. The number of amides is 1. The number of aromatic nitrogens is 1. The monoisotopic (exact) mass is 290 g/mol. The molecule has 112 valence electrons. The number of aliphatic carboxylic acids is 1. The van der Waals surface area contributed by atoms with Gasteiger partial charge in [-0.1, -0.05) is 12.7 Å². The molecule has 1 N–H and O–H groups in total. The second-order valence-electron chi connectivity index (χ2n) is 4.85. The average molecular weight is 290 g/mol. The van der Waals surface area contributed by atoms with E-state index in [1.807, 2.05) is 0 Å². The smallest absolute Gasteiger partial charge is 0.306 e. The number of carboxylic acid groups (broad SMARTS) is 1. The molecule has 0 aliphatic carbocycles. The van der Waals surface area contributed by atoms with Gasteiger partial charge >= 0.3 is 5.97 Å². The van der Waals surface area contributed by atoms with Gasteiger partial charge in [-0.2, -0.15) is 0 Å². The van der Waals surface area contributed by atoms with Gasteiger partial charge in [0.15, 0.2) is 11.4 Å². The molecule has 1 aromatic heterocycles. The van der Waals surface area contributed by atoms with Crippen molar-refractivity contribution in [3.63, 3.8) is 0 Å². The van der Waals surface area contributed by atoms with Gasteiger partial charge in [0, 0.05) is 19.3 Å². The molecular weight excluding hydrogens is 272 g/mol. The lowest BCUT2D eigenvalue weighted by Crippen LogP contribution is -2.40. The topological polar surface area (TPSA) is 79.7 Å². The Hall–Kier alpha value is -2.37. The second kappa shape index (κ2) is 6.88. The molecule has 0 atom stereocenters. The molecule has 2 rings (SSSR count). The second-order valence-corrected chi connectivity index (χ2v) is 4.85. The average Bonchev–Trinajstić information content (AvgIpc) is 2.52. The van der Waals surface area contributed by atoms with Crippen molar-refractivity contribution in [3.8, 4) is 5.75 Å². The molecule has 1 fully saturated rings. The largest absolute Gasteiger partial charge is 0.487 e. The fourth-order valence-corrected chi connectivity index (χ4v) is 2.30. The summed E-state index contributed by atoms with van der Waals surface area (Å²) in [6.45, 7) is 4.72. The Kier molecular flexibility index (Phi) is 4.92. The van der Waals surface area contributed by atoms with Gasteiger partial charge in [0.05, 0.1) is 5.92 Å². The number of ether oxygens (including phenoxy) is 1. The van der Waals surface area contributed by atoms with Crippen LogP contribution in [0.3, 0.4) is 0 Å². The van der Waals surface area contributed by atoms with Gasteiger partial charge in [-0.05, 0) is 25.0 Å². The highest BCUT2D eigenvalue weighted by atomic mass is 16.5. The Morgan fingerprint density at radius 1 is 1.48 bits per heavy atom. The molecule has 1 aliphatic heterocycles. The number of nitrogens with zero attached hydrogens (tertiary/aromatic N) is 2. The number of hydrogen-bond donors (Lipinski definition) is 1. The van der Waals surface area contributed by atoms with Crippen LogP contribution in [0.5, 0.6) is 5.75 Å². The molecule has 1 aliphatic rings. The first-order valence-corrected chi connectivity index (χ1v) is 6.84. The Morgan fingerprint density at radius 2 is 2.19 bits per heavy atom. The SMILES string of the molecule is C=CCOc1cccnc1C(=O)N1CCC(C(=O)O)CC1. The molecular formula is C15H18N2O4. The van der Waals surface area contributed by atoms with E-state index >= 15 is 0 Å². The van der Waals surface area contributed by atoms with E-state index in [-0.39, 0.29) is 17.5 Å². The number of carboxylic acids is 1. The molecule has 1 amide bonds. The number of carbonyl (C=O) groups is 2. The summed E-state index contributed by atoms with van der Waals surface area (Å²) in [5.41, 5.74) is 0.258. The van der Waals surface area contributed by atoms with Crippen LogP contribution >= 0.6 is 0 Å². The Labute approximate surface area is 123 Å². The molecule has 0 spiro atoms. The molecule has 0 aromatic carbocycles. The van der Waals surface area contributed by atoms with E-state index in [1.165, 1.54) is 6.20 Å². The van der Waals surface area contributed by atoms with Crippen molar-refractivity contribution in [2.24, 2.45) is 5.92 Å². The van der Waals surface area contributed by atoms with Crippen molar-refractivity contribution in [2.75, 3.05) is 19.7 Å². The van der Waals surface area contributed by atoms with Gasteiger partial charge in [-0.15, -0.1) is 0 Å². The zero-order valence-corrected chi connectivity index (χ0v) is 11.7. The summed E-state index contributed by atoms with van der Waals surface area (Å²) in [7, 11) is 0. The first kappa shape index (κ1) is 15.0. The summed E-state index contributed by atoms with van der Waals surface area (Å²) in [5.74, 6) is -0.967. The van der Waals surface area contributed by atoms with Crippen LogP contribution in [-0.4, -0.2) is 46.6 Å². The van der Waals surface area contributed by atoms with Gasteiger partial charge in [-0.3, -0.25) is 9.59 Å². The summed E-state index contributed by atoms with van der Waals surface area (Å²) >= 11 is 0. The number of carbonyl (C=O) groups excluding carboxylic acids is 1. The lowest BCUT2D eigenvalue weighted by Gasteiger charge is -2.30. The molecule has 1 saturated heterocycles. The van der Waals surface area contributed by atoms with Gasteiger partial charge in [0.1, 0.15) is 6.61 Å². The standard InChI is InChI=1S/C15H18N2O4/c1-2-10-21-12-4-3-7-16-13(12)14(18)17-8-5-11(6-9-17)15(19)20/h2-4,7,11H,1,5-6,8-10H2,(H,19,20). The minimum Gasteiger partial charge on any atom is -0.487 e. The Bertz CT molecular complexity index is 536. The summed E-state index contributed by atoms with van der Waals surface area (Å²) in [6.07, 6.45) is 4.07. The van der Waals surface area contributed by atoms with Crippen LogP contribution in [-0.2, 0) is 4.79 Å². The zero-order valence-electron chi connectivity index (χ0n) is 11.7. The van der Waals surface area contributed by atoms with Crippen LogP contribution in [0.4, 0.5) is 0 Å². The third-order valence-electron chi connectivity index (χ3n) is 3.46. The predicted molar refractivity (Wildman–Crippen MR) is 76.2 cm³/mol. The molecule has 21 heavy (non-hydrogen) atoms. The van der Waals surface area contributed by atoms with Crippen molar-refractivity contribution in [1.82, 2.24) is 9.88 Å². The summed E-state index contributed by atoms with van der Waals surface area (Å²) in [6, 6.07) is 3.39. The van der Waals surface area contributed by atoms with E-state index in [2.05, 4.69) is 11.6 Å². The minimum atomic E-state index is -0.796. The highest BCUT2D eigenvalue weighted by Crippen LogP contribution is 2.22. The van der Waals surface area contributed by atoms with Crippen molar-refractivity contribution in [1.29, 1.82) is 0 Å². The molecule has 1 aromatic rings. The number of rotatable bonds is 5. The molecule has 6 nitrogen and oxygen atoms in total. The fraction of sp³-hybridized carbons (Fsp3) is 0.400. The Balaban J connectivity index is 2.07. The highest BCUT2D eigenvalue weighted by molar-refractivity contribution is 5.95. The maximum absolute atomic E-state index is 12.5. The lowest BCUT2D eigenvalue weighted by atomic mass is 9.97. The fourth-order valence-electron chi connectivity index (χ4n) is 2.30. The van der Waals surface area contributed by atoms with Gasteiger partial charge in [0.25, 0.3) is 5.91 Å². The molecule has 0 unspecified atom stereocenters. The predicted octanol–water partition coefficient (Wildman–Crippen LogP) is 1.58. The first-order valence-electron chi connectivity index (χ1n) is 6.84. The van der Waals surface area contributed by atoms with E-state index in [4.69, 9.17) is 9.84 Å². The number of pyridine rings is 1. The van der Waals surface area contributed by atoms with E-state index < -0.39 is 5.97 Å². The van der Waals surface area contributed by atoms with Crippen LogP contribution in [0.2, 0.25) is 0 Å². The molecule has 0 bridgehead atoms. The normalized spacial score (nSPS) is 15.5. The molecule has 0 radical (unpaired) electrons.